The summed E-state index contributed by atoms with van der Waals surface area (Å²) in [6.45, 7) is 6.54. The van der Waals surface area contributed by atoms with Gasteiger partial charge in [0.15, 0.2) is 0 Å². The number of rotatable bonds is 8. The molecule has 1 saturated heterocycles. The van der Waals surface area contributed by atoms with Gasteiger partial charge in [-0.1, -0.05) is 12.8 Å². The molecular weight excluding hydrogens is 282 g/mol. The highest BCUT2D eigenvalue weighted by Crippen LogP contribution is 2.24. The first kappa shape index (κ1) is 17.2. The SMILES string of the molecule is COCCN(CCCN1C(=O)NC(C)(C)C1=O)C1CCCC1. The molecule has 0 aromatic carbocycles. The van der Waals surface area contributed by atoms with E-state index >= 15 is 0 Å². The van der Waals surface area contributed by atoms with Crippen molar-refractivity contribution >= 4 is 11.9 Å². The number of imide groups is 1. The van der Waals surface area contributed by atoms with E-state index in [-0.39, 0.29) is 11.9 Å². The number of nitrogens with zero attached hydrogens (tertiary/aromatic N) is 2. The van der Waals surface area contributed by atoms with Crippen molar-refractivity contribution in [3.63, 3.8) is 0 Å². The molecule has 6 heteroatoms. The lowest BCUT2D eigenvalue weighted by Gasteiger charge is -2.29. The second-order valence-corrected chi connectivity index (χ2v) is 6.83. The van der Waals surface area contributed by atoms with Crippen LogP contribution in [0.25, 0.3) is 0 Å². The fourth-order valence-corrected chi connectivity index (χ4v) is 3.41. The molecule has 2 rings (SSSR count). The third-order valence-electron chi connectivity index (χ3n) is 4.70. The zero-order valence-corrected chi connectivity index (χ0v) is 14.1. The molecule has 0 aromatic rings. The van der Waals surface area contributed by atoms with Gasteiger partial charge in [-0.3, -0.25) is 14.6 Å². The van der Waals surface area contributed by atoms with Crippen molar-refractivity contribution in [2.75, 3.05) is 33.4 Å². The van der Waals surface area contributed by atoms with E-state index in [2.05, 4.69) is 10.2 Å². The van der Waals surface area contributed by atoms with Crippen LogP contribution in [0.3, 0.4) is 0 Å². The highest BCUT2D eigenvalue weighted by molar-refractivity contribution is 6.06. The molecule has 22 heavy (non-hydrogen) atoms. The van der Waals surface area contributed by atoms with Gasteiger partial charge in [-0.15, -0.1) is 0 Å². The zero-order chi connectivity index (χ0) is 16.2. The number of urea groups is 1. The van der Waals surface area contributed by atoms with Gasteiger partial charge in [-0.25, -0.2) is 4.79 Å². The maximum Gasteiger partial charge on any atom is 0.325 e. The Bertz CT molecular complexity index is 405. The molecule has 3 amide bonds. The van der Waals surface area contributed by atoms with Crippen LogP contribution < -0.4 is 5.32 Å². The van der Waals surface area contributed by atoms with Crippen molar-refractivity contribution in [2.24, 2.45) is 0 Å². The Hall–Kier alpha value is -1.14. The summed E-state index contributed by atoms with van der Waals surface area (Å²) in [6, 6.07) is 0.369. The summed E-state index contributed by atoms with van der Waals surface area (Å²) >= 11 is 0. The molecule has 0 radical (unpaired) electrons. The van der Waals surface area contributed by atoms with Crippen LogP contribution in [-0.4, -0.2) is 66.7 Å². The second-order valence-electron chi connectivity index (χ2n) is 6.83. The van der Waals surface area contributed by atoms with Gasteiger partial charge in [0.25, 0.3) is 5.91 Å². The molecule has 1 N–H and O–H groups in total. The predicted octanol–water partition coefficient (Wildman–Crippen LogP) is 1.60. The number of nitrogens with one attached hydrogen (secondary N) is 1. The first-order chi connectivity index (χ1) is 10.5. The molecule has 1 aliphatic heterocycles. The van der Waals surface area contributed by atoms with Gasteiger partial charge in [0.05, 0.1) is 6.61 Å². The minimum atomic E-state index is -0.766. The third kappa shape index (κ3) is 3.98. The van der Waals surface area contributed by atoms with E-state index in [1.54, 1.807) is 21.0 Å². The summed E-state index contributed by atoms with van der Waals surface area (Å²) in [6.07, 6.45) is 5.92. The van der Waals surface area contributed by atoms with Gasteiger partial charge >= 0.3 is 6.03 Å². The fourth-order valence-electron chi connectivity index (χ4n) is 3.41. The first-order valence-electron chi connectivity index (χ1n) is 8.33. The van der Waals surface area contributed by atoms with E-state index in [0.717, 1.165) is 26.1 Å². The van der Waals surface area contributed by atoms with E-state index in [9.17, 15) is 9.59 Å². The summed E-state index contributed by atoms with van der Waals surface area (Å²) in [5, 5.41) is 2.72. The molecule has 2 aliphatic rings. The molecule has 6 nitrogen and oxygen atoms in total. The molecule has 1 heterocycles. The largest absolute Gasteiger partial charge is 0.383 e. The van der Waals surface area contributed by atoms with Crippen molar-refractivity contribution in [3.05, 3.63) is 0 Å². The van der Waals surface area contributed by atoms with Crippen molar-refractivity contribution in [3.8, 4) is 0 Å². The maximum absolute atomic E-state index is 12.2. The van der Waals surface area contributed by atoms with Crippen LogP contribution in [0, 0.1) is 0 Å². The topological polar surface area (TPSA) is 61.9 Å². The minimum Gasteiger partial charge on any atom is -0.383 e. The van der Waals surface area contributed by atoms with Crippen molar-refractivity contribution in [2.45, 2.75) is 57.5 Å². The highest BCUT2D eigenvalue weighted by atomic mass is 16.5. The minimum absolute atomic E-state index is 0.123. The molecule has 0 unspecified atom stereocenters. The molecule has 0 bridgehead atoms. The van der Waals surface area contributed by atoms with Gasteiger partial charge in [-0.05, 0) is 33.1 Å². The standard InChI is InChI=1S/C16H29N3O3/c1-16(2)14(20)19(15(21)17-16)10-6-9-18(11-12-22-3)13-7-4-5-8-13/h13H,4-12H2,1-3H3,(H,17,21). The Balaban J connectivity index is 1.82. The number of carbonyl (C=O) groups is 2. The molecule has 1 saturated carbocycles. The van der Waals surface area contributed by atoms with Crippen LogP contribution in [0.4, 0.5) is 4.79 Å². The number of ether oxygens (including phenoxy) is 1. The lowest BCUT2D eigenvalue weighted by molar-refractivity contribution is -0.130. The number of methoxy groups -OCH3 is 1. The highest BCUT2D eigenvalue weighted by Gasteiger charge is 2.43. The lowest BCUT2D eigenvalue weighted by Crippen LogP contribution is -2.41. The van der Waals surface area contributed by atoms with Crippen LogP contribution in [0.15, 0.2) is 0 Å². The average molecular weight is 311 g/mol. The van der Waals surface area contributed by atoms with E-state index in [4.69, 9.17) is 4.74 Å². The molecule has 0 spiro atoms. The van der Waals surface area contributed by atoms with Gasteiger partial charge in [0.2, 0.25) is 0 Å². The van der Waals surface area contributed by atoms with E-state index in [0.29, 0.717) is 12.6 Å². The Morgan fingerprint density at radius 1 is 1.27 bits per heavy atom. The van der Waals surface area contributed by atoms with Crippen molar-refractivity contribution in [1.29, 1.82) is 0 Å². The number of carbonyl (C=O) groups excluding carboxylic acids is 2. The summed E-state index contributed by atoms with van der Waals surface area (Å²) in [7, 11) is 1.72. The molecule has 1 aliphatic carbocycles. The van der Waals surface area contributed by atoms with Gasteiger partial charge in [0.1, 0.15) is 5.54 Å². The van der Waals surface area contributed by atoms with Gasteiger partial charge < -0.3 is 10.1 Å². The normalized spacial score (nSPS) is 21.9. The quantitative estimate of drug-likeness (QED) is 0.692. The Kier molecular flexibility index (Phi) is 5.81. The Morgan fingerprint density at radius 2 is 1.95 bits per heavy atom. The van der Waals surface area contributed by atoms with Crippen molar-refractivity contribution < 1.29 is 14.3 Å². The third-order valence-corrected chi connectivity index (χ3v) is 4.70. The average Bonchev–Trinajstić information content (AvgIpc) is 3.04. The zero-order valence-electron chi connectivity index (χ0n) is 14.1. The molecule has 0 aromatic heterocycles. The van der Waals surface area contributed by atoms with Crippen LogP contribution in [0.1, 0.15) is 46.0 Å². The van der Waals surface area contributed by atoms with E-state index in [1.165, 1.54) is 30.6 Å². The number of amides is 3. The van der Waals surface area contributed by atoms with E-state index in [1.807, 2.05) is 0 Å². The van der Waals surface area contributed by atoms with E-state index < -0.39 is 5.54 Å². The van der Waals surface area contributed by atoms with Crippen LogP contribution in [-0.2, 0) is 9.53 Å². The summed E-state index contributed by atoms with van der Waals surface area (Å²) in [4.78, 5) is 27.8. The lowest BCUT2D eigenvalue weighted by atomic mass is 10.1. The van der Waals surface area contributed by atoms with Crippen molar-refractivity contribution in [1.82, 2.24) is 15.1 Å². The molecule has 126 valence electrons. The van der Waals surface area contributed by atoms with Gasteiger partial charge in [0, 0.05) is 32.8 Å². The summed E-state index contributed by atoms with van der Waals surface area (Å²) < 4.78 is 5.20. The number of hydrogen-bond donors (Lipinski definition) is 1. The van der Waals surface area contributed by atoms with Gasteiger partial charge in [-0.2, -0.15) is 0 Å². The smallest absolute Gasteiger partial charge is 0.325 e. The molecule has 0 atom stereocenters. The summed E-state index contributed by atoms with van der Waals surface area (Å²) in [5.74, 6) is -0.123. The van der Waals surface area contributed by atoms with Crippen LogP contribution >= 0.6 is 0 Å². The maximum atomic E-state index is 12.2. The first-order valence-corrected chi connectivity index (χ1v) is 8.33. The monoisotopic (exact) mass is 311 g/mol. The molecule has 2 fully saturated rings. The molecular formula is C16H29N3O3. The van der Waals surface area contributed by atoms with Crippen LogP contribution in [0.5, 0.6) is 0 Å². The number of hydrogen-bond acceptors (Lipinski definition) is 4. The fraction of sp³-hybridized carbons (Fsp3) is 0.875. The predicted molar refractivity (Wildman–Crippen MR) is 84.6 cm³/mol. The Morgan fingerprint density at radius 3 is 2.50 bits per heavy atom. The summed E-state index contributed by atoms with van der Waals surface area (Å²) in [5.41, 5.74) is -0.766. The second kappa shape index (κ2) is 7.42. The van der Waals surface area contributed by atoms with Crippen LogP contribution in [0.2, 0.25) is 0 Å². The Labute approximate surface area is 133 Å².